The Bertz CT molecular complexity index is 379. The molecule has 1 rings (SSSR count). The standard InChI is InChI=1S/C12H20N4O/c1-8(2)6-13-12(17)10(4)16-11-5-9(3)14-7-15-11/h5,7-8,10H,6H2,1-4H3,(H,13,17)(H,14,15,16). The van der Waals surface area contributed by atoms with Gasteiger partial charge in [0.2, 0.25) is 5.91 Å². The van der Waals surface area contributed by atoms with Crippen LogP contribution in [0.15, 0.2) is 12.4 Å². The van der Waals surface area contributed by atoms with Gasteiger partial charge in [-0.15, -0.1) is 0 Å². The summed E-state index contributed by atoms with van der Waals surface area (Å²) in [5, 5.41) is 5.91. The van der Waals surface area contributed by atoms with E-state index in [4.69, 9.17) is 0 Å². The predicted octanol–water partition coefficient (Wildman–Crippen LogP) is 1.36. The topological polar surface area (TPSA) is 66.9 Å². The summed E-state index contributed by atoms with van der Waals surface area (Å²) in [5.74, 6) is 1.10. The van der Waals surface area contributed by atoms with Crippen LogP contribution in [0, 0.1) is 12.8 Å². The number of carbonyl (C=O) groups is 1. The zero-order valence-electron chi connectivity index (χ0n) is 10.8. The van der Waals surface area contributed by atoms with Crippen LogP contribution in [-0.2, 0) is 4.79 Å². The van der Waals surface area contributed by atoms with Crippen molar-refractivity contribution >= 4 is 11.7 Å². The number of amides is 1. The lowest BCUT2D eigenvalue weighted by molar-refractivity contribution is -0.121. The first-order valence-corrected chi connectivity index (χ1v) is 5.82. The van der Waals surface area contributed by atoms with E-state index in [0.717, 1.165) is 5.69 Å². The highest BCUT2D eigenvalue weighted by atomic mass is 16.2. The van der Waals surface area contributed by atoms with E-state index in [-0.39, 0.29) is 11.9 Å². The Morgan fingerprint density at radius 1 is 1.35 bits per heavy atom. The highest BCUT2D eigenvalue weighted by molar-refractivity contribution is 5.83. The number of hydrogen-bond acceptors (Lipinski definition) is 4. The Balaban J connectivity index is 2.48. The maximum Gasteiger partial charge on any atom is 0.242 e. The predicted molar refractivity (Wildman–Crippen MR) is 67.7 cm³/mol. The van der Waals surface area contributed by atoms with Crippen molar-refractivity contribution in [2.45, 2.75) is 33.7 Å². The fraction of sp³-hybridized carbons (Fsp3) is 0.583. The zero-order valence-corrected chi connectivity index (χ0v) is 10.8. The molecule has 0 aliphatic heterocycles. The lowest BCUT2D eigenvalue weighted by atomic mass is 10.2. The number of carbonyl (C=O) groups excluding carboxylic acids is 1. The van der Waals surface area contributed by atoms with Crippen LogP contribution in [0.1, 0.15) is 26.5 Å². The van der Waals surface area contributed by atoms with Gasteiger partial charge in [0.05, 0.1) is 0 Å². The second-order valence-corrected chi connectivity index (χ2v) is 4.55. The van der Waals surface area contributed by atoms with Gasteiger partial charge in [-0.25, -0.2) is 9.97 Å². The molecular formula is C12H20N4O. The van der Waals surface area contributed by atoms with Gasteiger partial charge in [0.1, 0.15) is 18.2 Å². The lowest BCUT2D eigenvalue weighted by Crippen LogP contribution is -2.39. The van der Waals surface area contributed by atoms with Crippen LogP contribution in [0.25, 0.3) is 0 Å². The Morgan fingerprint density at radius 2 is 2.06 bits per heavy atom. The molecule has 0 saturated heterocycles. The Hall–Kier alpha value is -1.65. The van der Waals surface area contributed by atoms with Crippen molar-refractivity contribution in [3.63, 3.8) is 0 Å². The second kappa shape index (κ2) is 6.18. The number of nitrogens with one attached hydrogen (secondary N) is 2. The largest absolute Gasteiger partial charge is 0.359 e. The van der Waals surface area contributed by atoms with Gasteiger partial charge in [-0.2, -0.15) is 0 Å². The molecule has 1 heterocycles. The SMILES string of the molecule is Cc1cc(NC(C)C(=O)NCC(C)C)ncn1. The van der Waals surface area contributed by atoms with Gasteiger partial charge >= 0.3 is 0 Å². The lowest BCUT2D eigenvalue weighted by Gasteiger charge is -2.15. The van der Waals surface area contributed by atoms with Crippen molar-refractivity contribution < 1.29 is 4.79 Å². The van der Waals surface area contributed by atoms with Crippen LogP contribution in [0.3, 0.4) is 0 Å². The van der Waals surface area contributed by atoms with Crippen LogP contribution in [0.5, 0.6) is 0 Å². The third-order valence-electron chi connectivity index (χ3n) is 2.25. The fourth-order valence-electron chi connectivity index (χ4n) is 1.28. The van der Waals surface area contributed by atoms with Gasteiger partial charge in [0.15, 0.2) is 0 Å². The molecule has 1 aromatic rings. The molecule has 0 radical (unpaired) electrons. The summed E-state index contributed by atoms with van der Waals surface area (Å²) in [6.07, 6.45) is 1.48. The average Bonchev–Trinajstić information content (AvgIpc) is 2.25. The van der Waals surface area contributed by atoms with Crippen LogP contribution in [0.4, 0.5) is 5.82 Å². The zero-order chi connectivity index (χ0) is 12.8. The maximum absolute atomic E-state index is 11.7. The summed E-state index contributed by atoms with van der Waals surface area (Å²) in [7, 11) is 0. The normalized spacial score (nSPS) is 12.3. The summed E-state index contributed by atoms with van der Waals surface area (Å²) in [5.41, 5.74) is 0.872. The van der Waals surface area contributed by atoms with E-state index in [1.165, 1.54) is 6.33 Å². The summed E-state index contributed by atoms with van der Waals surface area (Å²) in [4.78, 5) is 19.8. The van der Waals surface area contributed by atoms with E-state index in [9.17, 15) is 4.79 Å². The molecule has 17 heavy (non-hydrogen) atoms. The Kier molecular flexibility index (Phi) is 4.87. The fourth-order valence-corrected chi connectivity index (χ4v) is 1.28. The van der Waals surface area contributed by atoms with Crippen LogP contribution >= 0.6 is 0 Å². The van der Waals surface area contributed by atoms with Crippen molar-refractivity contribution in [1.29, 1.82) is 0 Å². The van der Waals surface area contributed by atoms with E-state index >= 15 is 0 Å². The summed E-state index contributed by atoms with van der Waals surface area (Å²) in [6, 6.07) is 1.51. The van der Waals surface area contributed by atoms with Crippen molar-refractivity contribution in [2.75, 3.05) is 11.9 Å². The summed E-state index contributed by atoms with van der Waals surface area (Å²) >= 11 is 0. The smallest absolute Gasteiger partial charge is 0.242 e. The van der Waals surface area contributed by atoms with E-state index in [2.05, 4.69) is 34.4 Å². The highest BCUT2D eigenvalue weighted by Crippen LogP contribution is 2.04. The Morgan fingerprint density at radius 3 is 2.65 bits per heavy atom. The average molecular weight is 236 g/mol. The van der Waals surface area contributed by atoms with Gasteiger partial charge in [-0.3, -0.25) is 4.79 Å². The monoisotopic (exact) mass is 236 g/mol. The van der Waals surface area contributed by atoms with Crippen LogP contribution in [-0.4, -0.2) is 28.5 Å². The number of aryl methyl sites for hydroxylation is 1. The summed E-state index contributed by atoms with van der Waals surface area (Å²) < 4.78 is 0. The molecule has 0 aliphatic rings. The molecule has 1 aromatic heterocycles. The quantitative estimate of drug-likeness (QED) is 0.810. The van der Waals surface area contributed by atoms with Crippen molar-refractivity contribution in [3.05, 3.63) is 18.1 Å². The molecular weight excluding hydrogens is 216 g/mol. The summed E-state index contributed by atoms with van der Waals surface area (Å²) in [6.45, 7) is 8.51. The van der Waals surface area contributed by atoms with Crippen LogP contribution < -0.4 is 10.6 Å². The Labute approximate surface area is 102 Å². The van der Waals surface area contributed by atoms with Crippen molar-refractivity contribution in [3.8, 4) is 0 Å². The van der Waals surface area contributed by atoms with Gasteiger partial charge < -0.3 is 10.6 Å². The first-order valence-electron chi connectivity index (χ1n) is 5.82. The van der Waals surface area contributed by atoms with Crippen molar-refractivity contribution in [2.24, 2.45) is 5.92 Å². The van der Waals surface area contributed by atoms with E-state index in [1.807, 2.05) is 19.9 Å². The number of anilines is 1. The minimum atomic E-state index is -0.303. The first-order chi connectivity index (χ1) is 7.99. The number of nitrogens with zero attached hydrogens (tertiary/aromatic N) is 2. The molecule has 1 unspecified atom stereocenters. The minimum Gasteiger partial charge on any atom is -0.359 e. The van der Waals surface area contributed by atoms with Gasteiger partial charge in [0.25, 0.3) is 0 Å². The highest BCUT2D eigenvalue weighted by Gasteiger charge is 2.12. The molecule has 1 atom stereocenters. The molecule has 1 amide bonds. The van der Waals surface area contributed by atoms with Gasteiger partial charge in [-0.1, -0.05) is 13.8 Å². The third-order valence-corrected chi connectivity index (χ3v) is 2.25. The first kappa shape index (κ1) is 13.4. The van der Waals surface area contributed by atoms with Gasteiger partial charge in [0, 0.05) is 18.3 Å². The molecule has 0 bridgehead atoms. The molecule has 94 valence electrons. The molecule has 5 nitrogen and oxygen atoms in total. The van der Waals surface area contributed by atoms with E-state index in [0.29, 0.717) is 18.3 Å². The molecule has 2 N–H and O–H groups in total. The molecule has 0 saturated carbocycles. The molecule has 0 fully saturated rings. The number of aromatic nitrogens is 2. The van der Waals surface area contributed by atoms with Crippen LogP contribution in [0.2, 0.25) is 0 Å². The minimum absolute atomic E-state index is 0.0186. The third kappa shape index (κ3) is 4.80. The number of hydrogen-bond donors (Lipinski definition) is 2. The molecule has 5 heteroatoms. The molecule has 0 spiro atoms. The van der Waals surface area contributed by atoms with Gasteiger partial charge in [-0.05, 0) is 19.8 Å². The van der Waals surface area contributed by atoms with Crippen molar-refractivity contribution in [1.82, 2.24) is 15.3 Å². The maximum atomic E-state index is 11.7. The molecule has 0 aliphatic carbocycles. The molecule has 0 aromatic carbocycles. The second-order valence-electron chi connectivity index (χ2n) is 4.55. The van der Waals surface area contributed by atoms with E-state index in [1.54, 1.807) is 0 Å². The number of rotatable bonds is 5. The van der Waals surface area contributed by atoms with E-state index < -0.39 is 0 Å².